The van der Waals surface area contributed by atoms with Gasteiger partial charge in [-0.3, -0.25) is 4.99 Å². The Morgan fingerprint density at radius 3 is 2.48 bits per heavy atom. The topological polar surface area (TPSA) is 64.6 Å². The fraction of sp³-hybridized carbons (Fsp3) is 0.368. The zero-order valence-corrected chi connectivity index (χ0v) is 17.6. The second-order valence-electron chi connectivity index (χ2n) is 6.45. The van der Waals surface area contributed by atoms with Gasteiger partial charge >= 0.3 is 0 Å². The van der Waals surface area contributed by atoms with Crippen LogP contribution in [0.5, 0.6) is 0 Å². The third kappa shape index (κ3) is 7.25. The maximum Gasteiger partial charge on any atom is 0.201 e. The lowest BCUT2D eigenvalue weighted by atomic mass is 10.2. The number of hydrogen-bond donors (Lipinski definition) is 3. The molecule has 0 aliphatic rings. The molecule has 0 aliphatic carbocycles. The van der Waals surface area contributed by atoms with Crippen molar-refractivity contribution in [2.24, 2.45) is 4.99 Å². The van der Waals surface area contributed by atoms with Crippen LogP contribution in [0, 0.1) is 6.92 Å². The van der Waals surface area contributed by atoms with Crippen LogP contribution in [0.4, 0.5) is 17.3 Å². The van der Waals surface area contributed by atoms with Gasteiger partial charge in [-0.25, -0.2) is 4.98 Å². The van der Waals surface area contributed by atoms with Gasteiger partial charge in [0.25, 0.3) is 0 Å². The second kappa shape index (κ2) is 10.3. The summed E-state index contributed by atoms with van der Waals surface area (Å²) in [6, 6.07) is 9.31. The average molecular weight is 409 g/mol. The highest BCUT2D eigenvalue weighted by Crippen LogP contribution is 2.25. The van der Waals surface area contributed by atoms with Gasteiger partial charge < -0.3 is 20.9 Å². The van der Waals surface area contributed by atoms with Crippen LogP contribution < -0.4 is 16.0 Å². The highest BCUT2D eigenvalue weighted by molar-refractivity contribution is 6.42. The van der Waals surface area contributed by atoms with E-state index in [1.165, 1.54) is 0 Å². The van der Waals surface area contributed by atoms with Gasteiger partial charge in [-0.2, -0.15) is 0 Å². The number of benzene rings is 1. The molecule has 0 aliphatic heterocycles. The minimum Gasteiger partial charge on any atom is -0.370 e. The largest absolute Gasteiger partial charge is 0.370 e. The summed E-state index contributed by atoms with van der Waals surface area (Å²) in [6.45, 7) is 3.93. The molecule has 1 heterocycles. The van der Waals surface area contributed by atoms with Gasteiger partial charge in [-0.1, -0.05) is 23.2 Å². The number of guanidine groups is 1. The predicted molar refractivity (Wildman–Crippen MR) is 118 cm³/mol. The Morgan fingerprint density at radius 1 is 1.07 bits per heavy atom. The fourth-order valence-corrected chi connectivity index (χ4v) is 2.71. The summed E-state index contributed by atoms with van der Waals surface area (Å²) in [5.74, 6) is 2.10. The van der Waals surface area contributed by atoms with E-state index in [1.807, 2.05) is 25.1 Å². The summed E-state index contributed by atoms with van der Waals surface area (Å²) in [5.41, 5.74) is 1.89. The fourth-order valence-electron chi connectivity index (χ4n) is 2.41. The van der Waals surface area contributed by atoms with Crippen LogP contribution in [0.3, 0.4) is 0 Å². The van der Waals surface area contributed by atoms with Gasteiger partial charge in [0.1, 0.15) is 11.6 Å². The lowest BCUT2D eigenvalue weighted by molar-refractivity contribution is 0.405. The van der Waals surface area contributed by atoms with Crippen LogP contribution in [0.15, 0.2) is 35.3 Å². The van der Waals surface area contributed by atoms with Crippen LogP contribution in [0.1, 0.15) is 12.0 Å². The number of nitrogens with one attached hydrogen (secondary N) is 3. The van der Waals surface area contributed by atoms with Gasteiger partial charge in [0.05, 0.1) is 10.0 Å². The molecule has 0 unspecified atom stereocenters. The van der Waals surface area contributed by atoms with Crippen molar-refractivity contribution >= 4 is 46.5 Å². The van der Waals surface area contributed by atoms with E-state index in [-0.39, 0.29) is 0 Å². The molecule has 0 amide bonds. The highest BCUT2D eigenvalue weighted by Gasteiger charge is 2.06. The molecule has 1 aromatic heterocycles. The summed E-state index contributed by atoms with van der Waals surface area (Å²) in [4.78, 5) is 11.0. The number of aliphatic imine (C=N–C) groups is 1. The van der Waals surface area contributed by atoms with Crippen LogP contribution in [-0.2, 0) is 0 Å². The summed E-state index contributed by atoms with van der Waals surface area (Å²) in [5, 5.41) is 10.7. The molecule has 0 fully saturated rings. The number of anilines is 3. The highest BCUT2D eigenvalue weighted by atomic mass is 35.5. The van der Waals surface area contributed by atoms with Crippen molar-refractivity contribution in [2.75, 3.05) is 50.2 Å². The second-order valence-corrected chi connectivity index (χ2v) is 7.26. The van der Waals surface area contributed by atoms with Gasteiger partial charge in [0.2, 0.25) is 5.96 Å². The molecule has 3 N–H and O–H groups in total. The average Bonchev–Trinajstić information content (AvgIpc) is 2.60. The standard InChI is InChI=1S/C19H26Cl2N6/c1-13-10-17(23-8-5-9-27(3)4)25-18(11-13)26-19(22-2)24-14-6-7-15(20)16(21)12-14/h6-7,10-12H,5,8-9H2,1-4H3,(H3,22,23,24,25,26). The molecular formula is C19H26Cl2N6. The maximum atomic E-state index is 6.07. The zero-order chi connectivity index (χ0) is 19.8. The van der Waals surface area contributed by atoms with Crippen molar-refractivity contribution in [3.8, 4) is 0 Å². The molecule has 0 spiro atoms. The summed E-state index contributed by atoms with van der Waals surface area (Å²) < 4.78 is 0. The summed E-state index contributed by atoms with van der Waals surface area (Å²) in [7, 11) is 5.84. The van der Waals surface area contributed by atoms with E-state index in [2.05, 4.69) is 44.9 Å². The van der Waals surface area contributed by atoms with E-state index >= 15 is 0 Å². The van der Waals surface area contributed by atoms with E-state index < -0.39 is 0 Å². The zero-order valence-electron chi connectivity index (χ0n) is 16.1. The van der Waals surface area contributed by atoms with Crippen molar-refractivity contribution in [3.05, 3.63) is 45.9 Å². The van der Waals surface area contributed by atoms with Gasteiger partial charge in [-0.15, -0.1) is 0 Å². The van der Waals surface area contributed by atoms with Crippen molar-refractivity contribution in [3.63, 3.8) is 0 Å². The minimum atomic E-state index is 0.481. The maximum absolute atomic E-state index is 6.07. The summed E-state index contributed by atoms with van der Waals surface area (Å²) >= 11 is 12.0. The number of aryl methyl sites for hydroxylation is 1. The normalized spacial score (nSPS) is 11.6. The molecule has 0 bridgehead atoms. The lowest BCUT2D eigenvalue weighted by Gasteiger charge is -2.14. The smallest absolute Gasteiger partial charge is 0.201 e. The first-order valence-corrected chi connectivity index (χ1v) is 9.46. The van der Waals surface area contributed by atoms with Gasteiger partial charge in [0, 0.05) is 19.3 Å². The molecular weight excluding hydrogens is 383 g/mol. The van der Waals surface area contributed by atoms with E-state index in [0.717, 1.165) is 36.6 Å². The molecule has 2 rings (SSSR count). The SMILES string of the molecule is C/N=C(/Nc1ccc(Cl)c(Cl)c1)Nc1cc(C)cc(NCCCN(C)C)n1. The molecule has 0 radical (unpaired) electrons. The lowest BCUT2D eigenvalue weighted by Crippen LogP contribution is -2.23. The molecule has 2 aromatic rings. The summed E-state index contributed by atoms with van der Waals surface area (Å²) in [6.07, 6.45) is 1.05. The van der Waals surface area contributed by atoms with E-state index in [0.29, 0.717) is 21.8 Å². The molecule has 146 valence electrons. The molecule has 0 saturated carbocycles. The molecule has 1 aromatic carbocycles. The third-order valence-corrected chi connectivity index (χ3v) is 4.45. The van der Waals surface area contributed by atoms with Gasteiger partial charge in [0.15, 0.2) is 0 Å². The Morgan fingerprint density at radius 2 is 1.81 bits per heavy atom. The van der Waals surface area contributed by atoms with E-state index in [4.69, 9.17) is 23.2 Å². The van der Waals surface area contributed by atoms with Crippen LogP contribution in [0.2, 0.25) is 10.0 Å². The molecule has 8 heteroatoms. The number of pyridine rings is 1. The Hall–Kier alpha value is -2.02. The Bertz CT molecular complexity index is 792. The number of aromatic nitrogens is 1. The Kier molecular flexibility index (Phi) is 8.16. The third-order valence-electron chi connectivity index (χ3n) is 3.71. The number of rotatable bonds is 7. The number of hydrogen-bond acceptors (Lipinski definition) is 4. The first-order chi connectivity index (χ1) is 12.9. The molecule has 0 atom stereocenters. The van der Waals surface area contributed by atoms with Gasteiger partial charge in [-0.05, 0) is 69.9 Å². The molecule has 27 heavy (non-hydrogen) atoms. The number of halogens is 2. The monoisotopic (exact) mass is 408 g/mol. The van der Waals surface area contributed by atoms with E-state index in [1.54, 1.807) is 19.2 Å². The first kappa shape index (κ1) is 21.3. The minimum absolute atomic E-state index is 0.481. The van der Waals surface area contributed by atoms with Crippen LogP contribution in [0.25, 0.3) is 0 Å². The van der Waals surface area contributed by atoms with Crippen molar-refractivity contribution in [1.29, 1.82) is 0 Å². The number of nitrogens with zero attached hydrogens (tertiary/aromatic N) is 3. The van der Waals surface area contributed by atoms with Crippen molar-refractivity contribution in [2.45, 2.75) is 13.3 Å². The molecule has 0 saturated heterocycles. The Balaban J connectivity index is 2.02. The van der Waals surface area contributed by atoms with E-state index in [9.17, 15) is 0 Å². The first-order valence-electron chi connectivity index (χ1n) is 8.70. The van der Waals surface area contributed by atoms with Crippen molar-refractivity contribution < 1.29 is 0 Å². The van der Waals surface area contributed by atoms with Crippen LogP contribution >= 0.6 is 23.2 Å². The molecule has 6 nitrogen and oxygen atoms in total. The quantitative estimate of drug-likeness (QED) is 0.355. The van der Waals surface area contributed by atoms with Crippen molar-refractivity contribution in [1.82, 2.24) is 9.88 Å². The Labute approximate surface area is 171 Å². The predicted octanol–water partition coefficient (Wildman–Crippen LogP) is 4.57. The van der Waals surface area contributed by atoms with Crippen LogP contribution in [-0.4, -0.2) is 50.1 Å².